The molecule has 0 saturated heterocycles. The molecular formula is C14H14ClFN4O. The van der Waals surface area contributed by atoms with Gasteiger partial charge in [0.15, 0.2) is 5.69 Å². The molecule has 0 spiro atoms. The fourth-order valence-corrected chi connectivity index (χ4v) is 2.64. The summed E-state index contributed by atoms with van der Waals surface area (Å²) in [6, 6.07) is 3.87. The van der Waals surface area contributed by atoms with Crippen molar-refractivity contribution in [3.05, 3.63) is 46.0 Å². The number of rotatable bonds is 4. The van der Waals surface area contributed by atoms with E-state index in [9.17, 15) is 9.18 Å². The van der Waals surface area contributed by atoms with Gasteiger partial charge in [-0.2, -0.15) is 15.4 Å². The van der Waals surface area contributed by atoms with Gasteiger partial charge in [-0.05, 0) is 31.9 Å². The Bertz CT molecular complexity index is 663. The van der Waals surface area contributed by atoms with Crippen LogP contribution in [0.4, 0.5) is 4.39 Å². The Morgan fingerprint density at radius 2 is 2.24 bits per heavy atom. The van der Waals surface area contributed by atoms with Crippen LogP contribution in [0.1, 0.15) is 53.5 Å². The van der Waals surface area contributed by atoms with Gasteiger partial charge in [0.1, 0.15) is 5.82 Å². The van der Waals surface area contributed by atoms with Crippen molar-refractivity contribution < 1.29 is 9.18 Å². The van der Waals surface area contributed by atoms with Crippen molar-refractivity contribution in [3.8, 4) is 0 Å². The highest BCUT2D eigenvalue weighted by Crippen LogP contribution is 2.40. The minimum absolute atomic E-state index is 0.268. The molecule has 0 bridgehead atoms. The van der Waals surface area contributed by atoms with E-state index in [1.807, 2.05) is 0 Å². The normalized spacial score (nSPS) is 15.8. The van der Waals surface area contributed by atoms with Gasteiger partial charge >= 0.3 is 0 Å². The molecule has 0 aliphatic heterocycles. The first-order valence-electron chi connectivity index (χ1n) is 6.73. The van der Waals surface area contributed by atoms with Crippen molar-refractivity contribution in [1.82, 2.24) is 20.7 Å². The lowest BCUT2D eigenvalue weighted by Crippen LogP contribution is -2.28. The Kier molecular flexibility index (Phi) is 3.63. The number of hydrogen-bond donors (Lipinski definition) is 2. The molecule has 21 heavy (non-hydrogen) atoms. The van der Waals surface area contributed by atoms with Crippen molar-refractivity contribution in [1.29, 1.82) is 0 Å². The summed E-state index contributed by atoms with van der Waals surface area (Å²) in [5.74, 6) is -0.521. The quantitative estimate of drug-likeness (QED) is 0.912. The van der Waals surface area contributed by atoms with E-state index in [4.69, 9.17) is 11.6 Å². The lowest BCUT2D eigenvalue weighted by Gasteiger charge is -2.16. The predicted octanol–water partition coefficient (Wildman–Crippen LogP) is 2.97. The molecule has 1 aromatic heterocycles. The number of carbonyl (C=O) groups excluding carboxylic acids is 1. The van der Waals surface area contributed by atoms with Crippen LogP contribution in [-0.2, 0) is 0 Å². The summed E-state index contributed by atoms with van der Waals surface area (Å²) in [6.07, 6.45) is 2.03. The zero-order valence-electron chi connectivity index (χ0n) is 11.4. The van der Waals surface area contributed by atoms with Gasteiger partial charge in [0.2, 0.25) is 0 Å². The van der Waals surface area contributed by atoms with Crippen LogP contribution in [0.15, 0.2) is 18.2 Å². The summed E-state index contributed by atoms with van der Waals surface area (Å²) in [4.78, 5) is 12.3. The van der Waals surface area contributed by atoms with Gasteiger partial charge in [-0.25, -0.2) is 4.39 Å². The topological polar surface area (TPSA) is 70.7 Å². The lowest BCUT2D eigenvalue weighted by atomic mass is 10.1. The molecule has 1 aromatic carbocycles. The van der Waals surface area contributed by atoms with E-state index in [1.54, 1.807) is 13.0 Å². The third-order valence-corrected chi connectivity index (χ3v) is 3.86. The largest absolute Gasteiger partial charge is 0.344 e. The highest BCUT2D eigenvalue weighted by molar-refractivity contribution is 6.31. The molecule has 2 aromatic rings. The Morgan fingerprint density at radius 3 is 2.90 bits per heavy atom. The average molecular weight is 309 g/mol. The number of benzene rings is 1. The van der Waals surface area contributed by atoms with Crippen molar-refractivity contribution in [2.75, 3.05) is 0 Å². The minimum Gasteiger partial charge on any atom is -0.344 e. The van der Waals surface area contributed by atoms with Gasteiger partial charge in [-0.15, -0.1) is 0 Å². The summed E-state index contributed by atoms with van der Waals surface area (Å²) < 4.78 is 13.8. The third-order valence-electron chi connectivity index (χ3n) is 3.53. The molecule has 3 rings (SSSR count). The molecule has 1 atom stereocenters. The van der Waals surface area contributed by atoms with E-state index in [0.717, 1.165) is 12.8 Å². The highest BCUT2D eigenvalue weighted by atomic mass is 35.5. The van der Waals surface area contributed by atoms with Gasteiger partial charge in [0.25, 0.3) is 5.91 Å². The van der Waals surface area contributed by atoms with Crippen LogP contribution < -0.4 is 5.32 Å². The molecule has 1 unspecified atom stereocenters. The van der Waals surface area contributed by atoms with Crippen molar-refractivity contribution >= 4 is 17.5 Å². The summed E-state index contributed by atoms with van der Waals surface area (Å²) in [6.45, 7) is 1.68. The predicted molar refractivity (Wildman–Crippen MR) is 75.6 cm³/mol. The maximum atomic E-state index is 13.8. The first-order valence-corrected chi connectivity index (χ1v) is 7.11. The molecule has 1 fully saturated rings. The number of nitrogens with zero attached hydrogens (tertiary/aromatic N) is 2. The number of halogens is 2. The van der Waals surface area contributed by atoms with Gasteiger partial charge in [-0.1, -0.05) is 17.7 Å². The lowest BCUT2D eigenvalue weighted by molar-refractivity contribution is 0.0933. The molecule has 1 heterocycles. The van der Waals surface area contributed by atoms with Crippen molar-refractivity contribution in [3.63, 3.8) is 0 Å². The number of hydrogen-bond acceptors (Lipinski definition) is 3. The van der Waals surface area contributed by atoms with Crippen LogP contribution in [0.5, 0.6) is 0 Å². The number of aromatic amines is 1. The van der Waals surface area contributed by atoms with Crippen molar-refractivity contribution in [2.45, 2.75) is 31.7 Å². The monoisotopic (exact) mass is 308 g/mol. The zero-order chi connectivity index (χ0) is 15.0. The van der Waals surface area contributed by atoms with Crippen molar-refractivity contribution in [2.24, 2.45) is 0 Å². The molecule has 0 radical (unpaired) electrons. The van der Waals surface area contributed by atoms with E-state index in [0.29, 0.717) is 11.6 Å². The number of nitrogens with one attached hydrogen (secondary N) is 2. The smallest absolute Gasteiger partial charge is 0.274 e. The molecule has 1 saturated carbocycles. The van der Waals surface area contributed by atoms with Crippen LogP contribution >= 0.6 is 11.6 Å². The van der Waals surface area contributed by atoms with Gasteiger partial charge < -0.3 is 5.32 Å². The maximum absolute atomic E-state index is 13.8. The molecule has 5 nitrogen and oxygen atoms in total. The van der Waals surface area contributed by atoms with E-state index in [-0.39, 0.29) is 22.2 Å². The second kappa shape index (κ2) is 5.44. The highest BCUT2D eigenvalue weighted by Gasteiger charge is 2.32. The van der Waals surface area contributed by atoms with E-state index in [2.05, 4.69) is 20.7 Å². The first-order chi connectivity index (χ1) is 10.1. The van der Waals surface area contributed by atoms with Crippen LogP contribution in [0.3, 0.4) is 0 Å². The second-order valence-corrected chi connectivity index (χ2v) is 5.57. The summed E-state index contributed by atoms with van der Waals surface area (Å²) in [5.41, 5.74) is 1.22. The number of amides is 1. The molecule has 1 aliphatic carbocycles. The van der Waals surface area contributed by atoms with Gasteiger partial charge in [-0.3, -0.25) is 4.79 Å². The Hall–Kier alpha value is -1.95. The fourth-order valence-electron chi connectivity index (χ4n) is 2.31. The maximum Gasteiger partial charge on any atom is 0.274 e. The van der Waals surface area contributed by atoms with Crippen LogP contribution in [0.2, 0.25) is 5.02 Å². The number of H-pyrrole nitrogens is 1. The van der Waals surface area contributed by atoms with E-state index < -0.39 is 11.9 Å². The molecule has 7 heteroatoms. The Balaban J connectivity index is 1.79. The van der Waals surface area contributed by atoms with Gasteiger partial charge in [0.05, 0.1) is 11.7 Å². The standard InChI is InChI=1S/C14H14ClFN4O/c1-7(11-9(15)3-2-4-10(11)16)17-14(21)13-12(8-5-6-8)18-20-19-13/h2-4,7-8H,5-6H2,1H3,(H,17,21)(H,18,19,20). The molecule has 110 valence electrons. The SMILES string of the molecule is CC(NC(=O)c1n[nH]nc1C1CC1)c1c(F)cccc1Cl. The van der Waals surface area contributed by atoms with Crippen LogP contribution in [0.25, 0.3) is 0 Å². The number of carbonyl (C=O) groups is 1. The second-order valence-electron chi connectivity index (χ2n) is 5.16. The molecule has 2 N–H and O–H groups in total. The van der Waals surface area contributed by atoms with Crippen LogP contribution in [0, 0.1) is 5.82 Å². The number of aromatic nitrogens is 3. The molecule has 1 aliphatic rings. The van der Waals surface area contributed by atoms with Gasteiger partial charge in [0, 0.05) is 16.5 Å². The minimum atomic E-state index is -0.560. The van der Waals surface area contributed by atoms with E-state index >= 15 is 0 Å². The molecular weight excluding hydrogens is 295 g/mol. The average Bonchev–Trinajstić information content (AvgIpc) is 3.15. The van der Waals surface area contributed by atoms with Crippen LogP contribution in [-0.4, -0.2) is 21.3 Å². The zero-order valence-corrected chi connectivity index (χ0v) is 12.1. The fraction of sp³-hybridized carbons (Fsp3) is 0.357. The Morgan fingerprint density at radius 1 is 1.48 bits per heavy atom. The molecule has 1 amide bonds. The van der Waals surface area contributed by atoms with E-state index in [1.165, 1.54) is 12.1 Å². The summed E-state index contributed by atoms with van der Waals surface area (Å²) >= 11 is 6.00. The summed E-state index contributed by atoms with van der Waals surface area (Å²) in [5, 5.41) is 13.4. The first kappa shape index (κ1) is 14.0. The Labute approximate surface area is 125 Å². The summed E-state index contributed by atoms with van der Waals surface area (Å²) in [7, 11) is 0. The third kappa shape index (κ3) is 2.76.